The van der Waals surface area contributed by atoms with Crippen molar-refractivity contribution in [2.75, 3.05) is 13.2 Å². The molecule has 17 heavy (non-hydrogen) atoms. The number of carbonyl (C=O) groups is 1. The Hall–Kier alpha value is -1.26. The third-order valence-electron chi connectivity index (χ3n) is 3.11. The van der Waals surface area contributed by atoms with Gasteiger partial charge in [0.2, 0.25) is 0 Å². The van der Waals surface area contributed by atoms with Gasteiger partial charge in [0.1, 0.15) is 13.2 Å². The molecule has 90 valence electrons. The van der Waals surface area contributed by atoms with Crippen molar-refractivity contribution in [3.8, 4) is 11.5 Å². The molecule has 1 aromatic carbocycles. The Morgan fingerprint density at radius 1 is 1.29 bits per heavy atom. The van der Waals surface area contributed by atoms with E-state index in [0.717, 1.165) is 0 Å². The summed E-state index contributed by atoms with van der Waals surface area (Å²) in [6.45, 7) is 0.794. The molecule has 0 aromatic heterocycles. The first-order valence-electron chi connectivity index (χ1n) is 5.46. The first kappa shape index (κ1) is 10.9. The number of aliphatic hydroxyl groups is 1. The summed E-state index contributed by atoms with van der Waals surface area (Å²) >= 11 is 6.12. The molecule has 0 unspecified atom stereocenters. The molecule has 1 heterocycles. The number of hydrogen-bond donors (Lipinski definition) is 1. The number of benzene rings is 1. The summed E-state index contributed by atoms with van der Waals surface area (Å²) < 4.78 is 11.0. The Bertz CT molecular complexity index is 494. The summed E-state index contributed by atoms with van der Waals surface area (Å²) in [6, 6.07) is 1.52. The van der Waals surface area contributed by atoms with Crippen LogP contribution in [0.3, 0.4) is 0 Å². The van der Waals surface area contributed by atoms with Crippen LogP contribution in [0.5, 0.6) is 11.5 Å². The summed E-state index contributed by atoms with van der Waals surface area (Å²) in [7, 11) is 0. The van der Waals surface area contributed by atoms with Crippen LogP contribution >= 0.6 is 11.6 Å². The monoisotopic (exact) mass is 254 g/mol. The van der Waals surface area contributed by atoms with E-state index in [1.54, 1.807) is 0 Å². The SMILES string of the molecule is O=Cc1cc(Cl)c(C2(O)CC2)c2c1OCCO2. The number of halogens is 1. The topological polar surface area (TPSA) is 55.8 Å². The van der Waals surface area contributed by atoms with Gasteiger partial charge in [0.15, 0.2) is 17.8 Å². The van der Waals surface area contributed by atoms with Crippen molar-refractivity contribution < 1.29 is 19.4 Å². The van der Waals surface area contributed by atoms with Gasteiger partial charge in [0, 0.05) is 5.56 Å². The van der Waals surface area contributed by atoms with Gasteiger partial charge in [0.05, 0.1) is 16.2 Å². The first-order chi connectivity index (χ1) is 8.15. The highest BCUT2D eigenvalue weighted by molar-refractivity contribution is 6.32. The van der Waals surface area contributed by atoms with Gasteiger partial charge in [-0.2, -0.15) is 0 Å². The Kier molecular flexibility index (Phi) is 2.31. The third kappa shape index (κ3) is 1.59. The first-order valence-corrected chi connectivity index (χ1v) is 5.83. The molecule has 1 saturated carbocycles. The molecule has 4 nitrogen and oxygen atoms in total. The van der Waals surface area contributed by atoms with Gasteiger partial charge in [-0.1, -0.05) is 11.6 Å². The number of aldehydes is 1. The Balaban J connectivity index is 2.24. The van der Waals surface area contributed by atoms with Crippen LogP contribution in [0.1, 0.15) is 28.8 Å². The molecule has 2 aliphatic rings. The molecule has 1 aliphatic heterocycles. The lowest BCUT2D eigenvalue weighted by molar-refractivity contribution is 0.110. The minimum atomic E-state index is -0.913. The Labute approximate surface area is 103 Å². The van der Waals surface area contributed by atoms with E-state index in [1.807, 2.05) is 0 Å². The van der Waals surface area contributed by atoms with Gasteiger partial charge < -0.3 is 14.6 Å². The molecule has 1 N–H and O–H groups in total. The lowest BCUT2D eigenvalue weighted by Gasteiger charge is -2.25. The fraction of sp³-hybridized carbons (Fsp3) is 0.417. The largest absolute Gasteiger partial charge is 0.486 e. The van der Waals surface area contributed by atoms with E-state index in [-0.39, 0.29) is 0 Å². The van der Waals surface area contributed by atoms with Crippen molar-refractivity contribution >= 4 is 17.9 Å². The van der Waals surface area contributed by atoms with Crippen molar-refractivity contribution in [3.05, 3.63) is 22.2 Å². The second-order valence-electron chi connectivity index (χ2n) is 4.33. The summed E-state index contributed by atoms with van der Waals surface area (Å²) in [5, 5.41) is 10.5. The zero-order valence-corrected chi connectivity index (χ0v) is 9.79. The van der Waals surface area contributed by atoms with E-state index in [9.17, 15) is 9.90 Å². The lowest BCUT2D eigenvalue weighted by Crippen LogP contribution is -2.20. The zero-order chi connectivity index (χ0) is 12.0. The lowest BCUT2D eigenvalue weighted by atomic mass is 10.0. The molecule has 1 aromatic rings. The summed E-state index contributed by atoms with van der Waals surface area (Å²) in [4.78, 5) is 11.0. The van der Waals surface area contributed by atoms with E-state index in [4.69, 9.17) is 21.1 Å². The highest BCUT2D eigenvalue weighted by atomic mass is 35.5. The quantitative estimate of drug-likeness (QED) is 0.819. The molecule has 0 bridgehead atoms. The number of ether oxygens (including phenoxy) is 2. The standard InChI is InChI=1S/C12H11ClO4/c13-8-5-7(6-14)10-11(17-4-3-16-10)9(8)12(15)1-2-12/h5-6,15H,1-4H2. The highest BCUT2D eigenvalue weighted by Crippen LogP contribution is 2.55. The van der Waals surface area contributed by atoms with Crippen molar-refractivity contribution in [2.24, 2.45) is 0 Å². The molecule has 1 aliphatic carbocycles. The molecule has 0 saturated heterocycles. The maximum Gasteiger partial charge on any atom is 0.172 e. The summed E-state index contributed by atoms with van der Waals surface area (Å²) in [5.41, 5.74) is 0.000631. The van der Waals surface area contributed by atoms with E-state index in [0.29, 0.717) is 60.0 Å². The molecule has 0 amide bonds. The minimum Gasteiger partial charge on any atom is -0.486 e. The number of fused-ring (bicyclic) bond motifs is 1. The zero-order valence-electron chi connectivity index (χ0n) is 9.03. The van der Waals surface area contributed by atoms with Crippen LogP contribution in [0.25, 0.3) is 0 Å². The molecular formula is C12H11ClO4. The maximum absolute atomic E-state index is 11.0. The van der Waals surface area contributed by atoms with Crippen LogP contribution in [0.15, 0.2) is 6.07 Å². The molecule has 0 spiro atoms. The van der Waals surface area contributed by atoms with Crippen molar-refractivity contribution in [3.63, 3.8) is 0 Å². The third-order valence-corrected chi connectivity index (χ3v) is 3.41. The van der Waals surface area contributed by atoms with Gasteiger partial charge in [-0.05, 0) is 18.9 Å². The minimum absolute atomic E-state index is 0.358. The second kappa shape index (κ2) is 3.62. The van der Waals surface area contributed by atoms with Crippen molar-refractivity contribution in [1.29, 1.82) is 0 Å². The number of rotatable bonds is 2. The van der Waals surface area contributed by atoms with Crippen LogP contribution in [-0.4, -0.2) is 24.6 Å². The average Bonchev–Trinajstić information content (AvgIpc) is 3.06. The van der Waals surface area contributed by atoms with E-state index in [1.165, 1.54) is 6.07 Å². The summed E-state index contributed by atoms with van der Waals surface area (Å²) in [6.07, 6.45) is 1.99. The highest BCUT2D eigenvalue weighted by Gasteiger charge is 2.47. The van der Waals surface area contributed by atoms with Crippen molar-refractivity contribution in [1.82, 2.24) is 0 Å². The van der Waals surface area contributed by atoms with Gasteiger partial charge in [0.25, 0.3) is 0 Å². The normalized spacial score (nSPS) is 19.9. The van der Waals surface area contributed by atoms with E-state index >= 15 is 0 Å². The van der Waals surface area contributed by atoms with Gasteiger partial charge >= 0.3 is 0 Å². The molecule has 5 heteroatoms. The fourth-order valence-electron chi connectivity index (χ4n) is 2.09. The molecular weight excluding hydrogens is 244 g/mol. The smallest absolute Gasteiger partial charge is 0.172 e. The Morgan fingerprint density at radius 2 is 1.94 bits per heavy atom. The van der Waals surface area contributed by atoms with Crippen LogP contribution < -0.4 is 9.47 Å². The predicted octanol–water partition coefficient (Wildman–Crippen LogP) is 1.91. The number of hydrogen-bond acceptors (Lipinski definition) is 4. The molecule has 1 fully saturated rings. The second-order valence-corrected chi connectivity index (χ2v) is 4.73. The van der Waals surface area contributed by atoms with Crippen LogP contribution in [-0.2, 0) is 5.60 Å². The number of carbonyl (C=O) groups excluding carboxylic acids is 1. The van der Waals surface area contributed by atoms with Crippen LogP contribution in [0.4, 0.5) is 0 Å². The van der Waals surface area contributed by atoms with Gasteiger partial charge in [-0.3, -0.25) is 4.79 Å². The Morgan fingerprint density at radius 3 is 2.53 bits per heavy atom. The van der Waals surface area contributed by atoms with Gasteiger partial charge in [-0.15, -0.1) is 0 Å². The van der Waals surface area contributed by atoms with Crippen LogP contribution in [0, 0.1) is 0 Å². The molecule has 3 rings (SSSR count). The van der Waals surface area contributed by atoms with Crippen LogP contribution in [0.2, 0.25) is 5.02 Å². The average molecular weight is 255 g/mol. The van der Waals surface area contributed by atoms with E-state index < -0.39 is 5.60 Å². The predicted molar refractivity (Wildman–Crippen MR) is 61.0 cm³/mol. The maximum atomic E-state index is 11.0. The summed E-state index contributed by atoms with van der Waals surface area (Å²) in [5.74, 6) is 0.817. The molecule has 0 atom stereocenters. The fourth-order valence-corrected chi connectivity index (χ4v) is 2.47. The van der Waals surface area contributed by atoms with E-state index in [2.05, 4.69) is 0 Å². The molecule has 0 radical (unpaired) electrons. The van der Waals surface area contributed by atoms with Gasteiger partial charge in [-0.25, -0.2) is 0 Å². The van der Waals surface area contributed by atoms with Crippen molar-refractivity contribution in [2.45, 2.75) is 18.4 Å².